The Morgan fingerprint density at radius 3 is 2.44 bits per heavy atom. The van der Waals surface area contributed by atoms with Crippen molar-refractivity contribution in [2.45, 2.75) is 25.3 Å². The minimum Gasteiger partial charge on any atom is -0.320 e. The molecule has 2 N–H and O–H groups in total. The average Bonchev–Trinajstić information content (AvgIpc) is 2.23. The highest BCUT2D eigenvalue weighted by molar-refractivity contribution is 5.38. The molecule has 18 heavy (non-hydrogen) atoms. The first-order chi connectivity index (χ1) is 8.16. The number of nitro groups is 1. The lowest BCUT2D eigenvalue weighted by molar-refractivity contribution is -0.387. The summed E-state index contributed by atoms with van der Waals surface area (Å²) in [5, 5.41) is 10.4. The summed E-state index contributed by atoms with van der Waals surface area (Å²) in [5.41, 5.74) is 1.25. The molecule has 0 aromatic heterocycles. The van der Waals surface area contributed by atoms with Crippen LogP contribution < -0.4 is 5.73 Å². The zero-order valence-corrected chi connectivity index (χ0v) is 9.29. The summed E-state index contributed by atoms with van der Waals surface area (Å²) in [4.78, 5) is 9.39. The van der Waals surface area contributed by atoms with Gasteiger partial charge in [0.2, 0.25) is 5.82 Å². The van der Waals surface area contributed by atoms with Crippen molar-refractivity contribution in [1.82, 2.24) is 0 Å². The fourth-order valence-corrected chi connectivity index (χ4v) is 1.35. The zero-order valence-electron chi connectivity index (χ0n) is 9.29. The number of hydrogen-bond acceptors (Lipinski definition) is 3. The first-order valence-corrected chi connectivity index (χ1v) is 4.85. The Labute approximate surface area is 99.5 Å². The second kappa shape index (κ2) is 4.89. The standard InChI is InChI=1S/C10H10F4N2O2/c1-10(15,9(13)14)4-5-6(11)2-3-7(8(5)12)16(17)18/h2-3,9H,4,15H2,1H3. The van der Waals surface area contributed by atoms with Gasteiger partial charge in [0.15, 0.2) is 0 Å². The lowest BCUT2D eigenvalue weighted by Gasteiger charge is -2.23. The van der Waals surface area contributed by atoms with E-state index in [0.717, 1.165) is 6.92 Å². The van der Waals surface area contributed by atoms with Crippen molar-refractivity contribution in [3.8, 4) is 0 Å². The van der Waals surface area contributed by atoms with Crippen molar-refractivity contribution in [1.29, 1.82) is 0 Å². The lowest BCUT2D eigenvalue weighted by atomic mass is 9.93. The highest BCUT2D eigenvalue weighted by Gasteiger charge is 2.34. The summed E-state index contributed by atoms with van der Waals surface area (Å²) in [6.07, 6.45) is -3.86. The topological polar surface area (TPSA) is 69.2 Å². The van der Waals surface area contributed by atoms with Crippen LogP contribution in [0.2, 0.25) is 0 Å². The first-order valence-electron chi connectivity index (χ1n) is 4.85. The van der Waals surface area contributed by atoms with Crippen molar-refractivity contribution < 1.29 is 22.5 Å². The minimum absolute atomic E-state index is 0.629. The number of nitrogens with zero attached hydrogens (tertiary/aromatic N) is 1. The first kappa shape index (κ1) is 14.4. The minimum atomic E-state index is -3.02. The molecular weight excluding hydrogens is 256 g/mol. The van der Waals surface area contributed by atoms with Crippen LogP contribution in [0.5, 0.6) is 0 Å². The van der Waals surface area contributed by atoms with Gasteiger partial charge in [-0.25, -0.2) is 13.2 Å². The Kier molecular flexibility index (Phi) is 3.90. The van der Waals surface area contributed by atoms with Gasteiger partial charge in [-0.3, -0.25) is 10.1 Å². The number of hydrogen-bond donors (Lipinski definition) is 1. The maximum Gasteiger partial charge on any atom is 0.305 e. The molecule has 1 rings (SSSR count). The molecule has 0 radical (unpaired) electrons. The third kappa shape index (κ3) is 2.76. The van der Waals surface area contributed by atoms with Crippen LogP contribution in [-0.2, 0) is 6.42 Å². The van der Waals surface area contributed by atoms with E-state index in [4.69, 9.17) is 5.73 Å². The molecule has 4 nitrogen and oxygen atoms in total. The van der Waals surface area contributed by atoms with Gasteiger partial charge in [-0.1, -0.05) is 0 Å². The molecule has 0 aliphatic rings. The molecule has 0 saturated carbocycles. The molecule has 0 spiro atoms. The molecule has 0 aliphatic carbocycles. The third-order valence-corrected chi connectivity index (χ3v) is 2.42. The molecule has 8 heteroatoms. The van der Waals surface area contributed by atoms with E-state index in [0.29, 0.717) is 12.1 Å². The summed E-state index contributed by atoms with van der Waals surface area (Å²) in [6.45, 7) is 0.912. The van der Waals surface area contributed by atoms with E-state index in [1.165, 1.54) is 0 Å². The Morgan fingerprint density at radius 2 is 2.00 bits per heavy atom. The molecular formula is C10H10F4N2O2. The molecule has 1 atom stereocenters. The quantitative estimate of drug-likeness (QED) is 0.517. The van der Waals surface area contributed by atoms with E-state index in [9.17, 15) is 27.7 Å². The van der Waals surface area contributed by atoms with Crippen LogP contribution in [-0.4, -0.2) is 16.9 Å². The van der Waals surface area contributed by atoms with Crippen LogP contribution >= 0.6 is 0 Å². The maximum absolute atomic E-state index is 13.6. The molecule has 0 heterocycles. The Hall–Kier alpha value is -1.70. The van der Waals surface area contributed by atoms with Crippen LogP contribution in [0, 0.1) is 21.7 Å². The predicted molar refractivity (Wildman–Crippen MR) is 55.3 cm³/mol. The van der Waals surface area contributed by atoms with Crippen molar-refractivity contribution in [3.63, 3.8) is 0 Å². The molecule has 0 aliphatic heterocycles. The van der Waals surface area contributed by atoms with Crippen molar-refractivity contribution >= 4 is 5.69 Å². The van der Waals surface area contributed by atoms with E-state index in [1.807, 2.05) is 0 Å². The van der Waals surface area contributed by atoms with Crippen molar-refractivity contribution in [3.05, 3.63) is 39.4 Å². The number of benzene rings is 1. The van der Waals surface area contributed by atoms with Crippen molar-refractivity contribution in [2.75, 3.05) is 0 Å². The molecule has 0 bridgehead atoms. The number of nitrogens with two attached hydrogens (primary N) is 1. The van der Waals surface area contributed by atoms with Crippen LogP contribution in [0.3, 0.4) is 0 Å². The number of rotatable bonds is 4. The molecule has 0 saturated heterocycles. The number of nitro benzene ring substituents is 1. The van der Waals surface area contributed by atoms with Gasteiger partial charge in [0.05, 0.1) is 10.5 Å². The van der Waals surface area contributed by atoms with Gasteiger partial charge in [-0.2, -0.15) is 4.39 Å². The van der Waals surface area contributed by atoms with Gasteiger partial charge in [0.1, 0.15) is 5.82 Å². The molecule has 1 unspecified atom stereocenters. The van der Waals surface area contributed by atoms with E-state index in [1.54, 1.807) is 0 Å². The van der Waals surface area contributed by atoms with E-state index in [-0.39, 0.29) is 0 Å². The van der Waals surface area contributed by atoms with Crippen LogP contribution in [0.25, 0.3) is 0 Å². The summed E-state index contributed by atoms with van der Waals surface area (Å²) in [5.74, 6) is -2.62. The summed E-state index contributed by atoms with van der Waals surface area (Å²) in [6, 6.07) is 1.28. The molecule has 1 aromatic rings. The second-order valence-electron chi connectivity index (χ2n) is 4.10. The van der Waals surface area contributed by atoms with Gasteiger partial charge in [0, 0.05) is 18.1 Å². The fraction of sp³-hybridized carbons (Fsp3) is 0.400. The van der Waals surface area contributed by atoms with Crippen LogP contribution in [0.4, 0.5) is 23.2 Å². The largest absolute Gasteiger partial charge is 0.320 e. The van der Waals surface area contributed by atoms with E-state index in [2.05, 4.69) is 0 Å². The monoisotopic (exact) mass is 266 g/mol. The maximum atomic E-state index is 13.6. The number of alkyl halides is 2. The summed E-state index contributed by atoms with van der Waals surface area (Å²) < 4.78 is 52.0. The third-order valence-electron chi connectivity index (χ3n) is 2.42. The Bertz CT molecular complexity index is 477. The smallest absolute Gasteiger partial charge is 0.305 e. The fourth-order valence-electron chi connectivity index (χ4n) is 1.35. The molecule has 0 amide bonds. The van der Waals surface area contributed by atoms with Crippen molar-refractivity contribution in [2.24, 2.45) is 5.73 Å². The normalized spacial score (nSPS) is 14.6. The van der Waals surface area contributed by atoms with E-state index < -0.39 is 46.2 Å². The van der Waals surface area contributed by atoms with Crippen LogP contribution in [0.1, 0.15) is 12.5 Å². The summed E-state index contributed by atoms with van der Waals surface area (Å²) in [7, 11) is 0. The average molecular weight is 266 g/mol. The zero-order chi connectivity index (χ0) is 14.1. The van der Waals surface area contributed by atoms with Gasteiger partial charge in [-0.05, 0) is 13.0 Å². The SMILES string of the molecule is CC(N)(Cc1c(F)ccc([N+](=O)[O-])c1F)C(F)F. The van der Waals surface area contributed by atoms with Crippen LogP contribution in [0.15, 0.2) is 12.1 Å². The molecule has 100 valence electrons. The Balaban J connectivity index is 3.24. The summed E-state index contributed by atoms with van der Waals surface area (Å²) >= 11 is 0. The predicted octanol–water partition coefficient (Wildman–Crippen LogP) is 2.40. The van der Waals surface area contributed by atoms with Gasteiger partial charge >= 0.3 is 5.69 Å². The number of halogens is 4. The molecule has 1 aromatic carbocycles. The highest BCUT2D eigenvalue weighted by atomic mass is 19.3. The lowest BCUT2D eigenvalue weighted by Crippen LogP contribution is -2.46. The Morgan fingerprint density at radius 1 is 1.44 bits per heavy atom. The molecule has 0 fully saturated rings. The van der Waals surface area contributed by atoms with Gasteiger partial charge in [-0.15, -0.1) is 0 Å². The second-order valence-corrected chi connectivity index (χ2v) is 4.10. The van der Waals surface area contributed by atoms with Gasteiger partial charge < -0.3 is 5.73 Å². The van der Waals surface area contributed by atoms with Gasteiger partial charge in [0.25, 0.3) is 6.43 Å². The highest BCUT2D eigenvalue weighted by Crippen LogP contribution is 2.27. The van der Waals surface area contributed by atoms with E-state index >= 15 is 0 Å².